The SMILES string of the molecule is CC(C)NC(=O)CN(C)C(=O)CCC1CCCC1. The summed E-state index contributed by atoms with van der Waals surface area (Å²) in [4.78, 5) is 24.9. The fraction of sp³-hybridized carbons (Fsp3) is 0.857. The van der Waals surface area contributed by atoms with Crippen molar-refractivity contribution in [3.05, 3.63) is 0 Å². The molecule has 0 aliphatic heterocycles. The lowest BCUT2D eigenvalue weighted by atomic mass is 10.0. The normalized spacial score (nSPS) is 16.0. The van der Waals surface area contributed by atoms with Crippen LogP contribution in [-0.2, 0) is 9.59 Å². The van der Waals surface area contributed by atoms with Crippen molar-refractivity contribution in [3.63, 3.8) is 0 Å². The average Bonchev–Trinajstić information content (AvgIpc) is 2.77. The van der Waals surface area contributed by atoms with Crippen molar-refractivity contribution in [1.82, 2.24) is 10.2 Å². The number of likely N-dealkylation sites (N-methyl/N-ethyl adjacent to an activating group) is 1. The van der Waals surface area contributed by atoms with Crippen molar-refractivity contribution < 1.29 is 9.59 Å². The summed E-state index contributed by atoms with van der Waals surface area (Å²) in [5.41, 5.74) is 0. The van der Waals surface area contributed by atoms with Crippen LogP contribution in [0.3, 0.4) is 0 Å². The topological polar surface area (TPSA) is 49.4 Å². The minimum atomic E-state index is -0.0817. The molecule has 0 atom stereocenters. The smallest absolute Gasteiger partial charge is 0.239 e. The maximum atomic E-state index is 11.9. The molecule has 0 radical (unpaired) electrons. The first-order chi connectivity index (χ1) is 8.49. The van der Waals surface area contributed by atoms with E-state index in [1.165, 1.54) is 30.6 Å². The molecule has 0 spiro atoms. The fourth-order valence-corrected chi connectivity index (χ4v) is 2.49. The monoisotopic (exact) mass is 254 g/mol. The zero-order valence-corrected chi connectivity index (χ0v) is 11.9. The van der Waals surface area contributed by atoms with Crippen LogP contribution in [0.15, 0.2) is 0 Å². The molecule has 4 nitrogen and oxygen atoms in total. The Balaban J connectivity index is 2.21. The first kappa shape index (κ1) is 15.0. The molecule has 18 heavy (non-hydrogen) atoms. The van der Waals surface area contributed by atoms with E-state index in [4.69, 9.17) is 0 Å². The quantitative estimate of drug-likeness (QED) is 0.787. The summed E-state index contributed by atoms with van der Waals surface area (Å²) >= 11 is 0. The van der Waals surface area contributed by atoms with Crippen molar-refractivity contribution in [1.29, 1.82) is 0 Å². The number of nitrogens with one attached hydrogen (secondary N) is 1. The van der Waals surface area contributed by atoms with E-state index < -0.39 is 0 Å². The first-order valence-corrected chi connectivity index (χ1v) is 7.02. The van der Waals surface area contributed by atoms with Gasteiger partial charge in [-0.1, -0.05) is 25.7 Å². The second kappa shape index (κ2) is 7.39. The summed E-state index contributed by atoms with van der Waals surface area (Å²) in [6, 6.07) is 0.125. The molecule has 1 N–H and O–H groups in total. The Kier molecular flexibility index (Phi) is 6.16. The van der Waals surface area contributed by atoms with E-state index >= 15 is 0 Å². The summed E-state index contributed by atoms with van der Waals surface area (Å²) in [6.45, 7) is 4.00. The molecule has 1 rings (SSSR count). The van der Waals surface area contributed by atoms with Crippen LogP contribution in [0.4, 0.5) is 0 Å². The van der Waals surface area contributed by atoms with Crippen LogP contribution in [-0.4, -0.2) is 36.3 Å². The summed E-state index contributed by atoms with van der Waals surface area (Å²) in [5, 5.41) is 2.79. The predicted octanol–water partition coefficient (Wildman–Crippen LogP) is 1.94. The number of hydrogen-bond donors (Lipinski definition) is 1. The lowest BCUT2D eigenvalue weighted by Gasteiger charge is -2.18. The number of nitrogens with zero attached hydrogens (tertiary/aromatic N) is 1. The maximum Gasteiger partial charge on any atom is 0.239 e. The van der Waals surface area contributed by atoms with Crippen LogP contribution in [0.1, 0.15) is 52.4 Å². The van der Waals surface area contributed by atoms with Crippen molar-refractivity contribution in [2.24, 2.45) is 5.92 Å². The molecule has 0 aromatic carbocycles. The number of hydrogen-bond acceptors (Lipinski definition) is 2. The second-order valence-electron chi connectivity index (χ2n) is 5.66. The lowest BCUT2D eigenvalue weighted by molar-refractivity contribution is -0.135. The van der Waals surface area contributed by atoms with Gasteiger partial charge >= 0.3 is 0 Å². The Hall–Kier alpha value is -1.06. The molecule has 0 bridgehead atoms. The molecule has 0 aromatic rings. The predicted molar refractivity (Wildman–Crippen MR) is 72.1 cm³/mol. The third-order valence-electron chi connectivity index (χ3n) is 3.50. The third-order valence-corrected chi connectivity index (χ3v) is 3.50. The fourth-order valence-electron chi connectivity index (χ4n) is 2.49. The van der Waals surface area contributed by atoms with Crippen LogP contribution in [0.5, 0.6) is 0 Å². The van der Waals surface area contributed by atoms with Gasteiger partial charge in [0.25, 0.3) is 0 Å². The molecule has 0 saturated heterocycles. The van der Waals surface area contributed by atoms with Gasteiger partial charge in [0.05, 0.1) is 6.54 Å². The van der Waals surface area contributed by atoms with Gasteiger partial charge in [-0.15, -0.1) is 0 Å². The van der Waals surface area contributed by atoms with Crippen molar-refractivity contribution in [2.45, 2.75) is 58.4 Å². The van der Waals surface area contributed by atoms with Gasteiger partial charge in [0, 0.05) is 19.5 Å². The van der Waals surface area contributed by atoms with Crippen molar-refractivity contribution in [2.75, 3.05) is 13.6 Å². The van der Waals surface area contributed by atoms with Gasteiger partial charge in [-0.05, 0) is 26.2 Å². The van der Waals surface area contributed by atoms with Crippen LogP contribution in [0, 0.1) is 5.92 Å². The second-order valence-corrected chi connectivity index (χ2v) is 5.66. The van der Waals surface area contributed by atoms with Crippen molar-refractivity contribution >= 4 is 11.8 Å². The minimum absolute atomic E-state index is 0.0817. The van der Waals surface area contributed by atoms with Crippen LogP contribution in [0.25, 0.3) is 0 Å². The Labute approximate surface area is 110 Å². The zero-order chi connectivity index (χ0) is 13.5. The number of carbonyl (C=O) groups excluding carboxylic acids is 2. The molecule has 1 saturated carbocycles. The molecule has 4 heteroatoms. The highest BCUT2D eigenvalue weighted by Crippen LogP contribution is 2.28. The molecular formula is C14H26N2O2. The molecule has 0 heterocycles. The largest absolute Gasteiger partial charge is 0.352 e. The molecule has 0 aromatic heterocycles. The number of rotatable bonds is 6. The van der Waals surface area contributed by atoms with Crippen molar-refractivity contribution in [3.8, 4) is 0 Å². The molecule has 1 fully saturated rings. The van der Waals surface area contributed by atoms with Gasteiger partial charge in [0.15, 0.2) is 0 Å². The number of carbonyl (C=O) groups is 2. The van der Waals surface area contributed by atoms with Gasteiger partial charge in [0.1, 0.15) is 0 Å². The third kappa shape index (κ3) is 5.52. The van der Waals surface area contributed by atoms with E-state index in [-0.39, 0.29) is 24.4 Å². The van der Waals surface area contributed by atoms with Crippen LogP contribution >= 0.6 is 0 Å². The Morgan fingerprint density at radius 3 is 2.44 bits per heavy atom. The van der Waals surface area contributed by atoms with Gasteiger partial charge in [-0.2, -0.15) is 0 Å². The summed E-state index contributed by atoms with van der Waals surface area (Å²) in [7, 11) is 1.71. The van der Waals surface area contributed by atoms with Crippen LogP contribution < -0.4 is 5.32 Å². The van der Waals surface area contributed by atoms with E-state index in [2.05, 4.69) is 5.32 Å². The highest BCUT2D eigenvalue weighted by Gasteiger charge is 2.18. The molecule has 104 valence electrons. The maximum absolute atomic E-state index is 11.9. The van der Waals surface area contributed by atoms with E-state index in [1.807, 2.05) is 13.8 Å². The molecule has 1 aliphatic carbocycles. The van der Waals surface area contributed by atoms with Gasteiger partial charge in [0.2, 0.25) is 11.8 Å². The van der Waals surface area contributed by atoms with E-state index in [0.717, 1.165) is 12.3 Å². The summed E-state index contributed by atoms with van der Waals surface area (Å²) in [6.07, 6.45) is 6.72. The summed E-state index contributed by atoms with van der Waals surface area (Å²) < 4.78 is 0. The van der Waals surface area contributed by atoms with E-state index in [9.17, 15) is 9.59 Å². The van der Waals surface area contributed by atoms with Crippen LogP contribution in [0.2, 0.25) is 0 Å². The van der Waals surface area contributed by atoms with Gasteiger partial charge in [-0.3, -0.25) is 9.59 Å². The first-order valence-electron chi connectivity index (χ1n) is 7.02. The van der Waals surface area contributed by atoms with E-state index in [0.29, 0.717) is 6.42 Å². The highest BCUT2D eigenvalue weighted by atomic mass is 16.2. The molecule has 2 amide bonds. The van der Waals surface area contributed by atoms with Gasteiger partial charge in [-0.25, -0.2) is 0 Å². The minimum Gasteiger partial charge on any atom is -0.352 e. The highest BCUT2D eigenvalue weighted by molar-refractivity contribution is 5.84. The average molecular weight is 254 g/mol. The Bertz CT molecular complexity index is 284. The zero-order valence-electron chi connectivity index (χ0n) is 11.9. The molecular weight excluding hydrogens is 228 g/mol. The molecule has 1 aliphatic rings. The number of amides is 2. The standard InChI is InChI=1S/C14H26N2O2/c1-11(2)15-13(17)10-16(3)14(18)9-8-12-6-4-5-7-12/h11-12H,4-10H2,1-3H3,(H,15,17). The Morgan fingerprint density at radius 2 is 1.89 bits per heavy atom. The van der Waals surface area contributed by atoms with E-state index in [1.54, 1.807) is 7.05 Å². The lowest BCUT2D eigenvalue weighted by Crippen LogP contribution is -2.40. The molecule has 0 unspecified atom stereocenters. The summed E-state index contributed by atoms with van der Waals surface area (Å²) in [5.74, 6) is 0.731. The van der Waals surface area contributed by atoms with Gasteiger partial charge < -0.3 is 10.2 Å². The Morgan fingerprint density at radius 1 is 1.28 bits per heavy atom.